The van der Waals surface area contributed by atoms with E-state index in [1.807, 2.05) is 6.92 Å². The molecule has 0 spiro atoms. The van der Waals surface area contributed by atoms with Crippen molar-refractivity contribution in [2.75, 3.05) is 13.2 Å². The van der Waals surface area contributed by atoms with Crippen LogP contribution in [0.2, 0.25) is 0 Å². The van der Waals surface area contributed by atoms with Crippen LogP contribution >= 0.6 is 0 Å². The van der Waals surface area contributed by atoms with Crippen LogP contribution in [0, 0.1) is 5.82 Å². The average Bonchev–Trinajstić information content (AvgIpc) is 2.34. The fraction of sp³-hybridized carbons (Fsp3) is 0.615. The van der Waals surface area contributed by atoms with Crippen LogP contribution in [0.1, 0.15) is 44.3 Å². The smallest absolute Gasteiger partial charge is 0.141 e. The van der Waals surface area contributed by atoms with Crippen LogP contribution in [0.3, 0.4) is 0 Å². The van der Waals surface area contributed by atoms with E-state index in [0.717, 1.165) is 37.9 Å². The zero-order valence-electron chi connectivity index (χ0n) is 10.3. The van der Waals surface area contributed by atoms with Crippen molar-refractivity contribution in [1.29, 1.82) is 0 Å². The normalized spacial score (nSPS) is 12.6. The van der Waals surface area contributed by atoms with Gasteiger partial charge in [-0.3, -0.25) is 4.98 Å². The Labute approximate surface area is 102 Å². The first-order valence-corrected chi connectivity index (χ1v) is 6.19. The van der Waals surface area contributed by atoms with Crippen molar-refractivity contribution in [3.63, 3.8) is 0 Å². The fourth-order valence-corrected chi connectivity index (χ4v) is 1.66. The summed E-state index contributed by atoms with van der Waals surface area (Å²) < 4.78 is 12.7. The second-order valence-electron chi connectivity index (χ2n) is 4.21. The molecule has 2 N–H and O–H groups in total. The average molecular weight is 240 g/mol. The number of aliphatic hydroxyl groups is 1. The number of nitrogens with one attached hydrogen (secondary N) is 1. The highest BCUT2D eigenvalue weighted by Crippen LogP contribution is 2.09. The van der Waals surface area contributed by atoms with Gasteiger partial charge in [-0.2, -0.15) is 0 Å². The summed E-state index contributed by atoms with van der Waals surface area (Å²) in [5.41, 5.74) is 0.863. The molecule has 96 valence electrons. The topological polar surface area (TPSA) is 45.1 Å². The van der Waals surface area contributed by atoms with Gasteiger partial charge in [0, 0.05) is 12.6 Å². The van der Waals surface area contributed by atoms with E-state index in [1.165, 1.54) is 12.3 Å². The van der Waals surface area contributed by atoms with E-state index < -0.39 is 0 Å². The first-order chi connectivity index (χ1) is 8.24. The van der Waals surface area contributed by atoms with Gasteiger partial charge in [0.15, 0.2) is 0 Å². The summed E-state index contributed by atoms with van der Waals surface area (Å²) >= 11 is 0. The van der Waals surface area contributed by atoms with Gasteiger partial charge in [0.25, 0.3) is 0 Å². The molecule has 0 aliphatic carbocycles. The molecule has 1 aromatic rings. The van der Waals surface area contributed by atoms with Crippen LogP contribution in [0.4, 0.5) is 4.39 Å². The molecule has 0 aliphatic heterocycles. The molecule has 3 nitrogen and oxygen atoms in total. The van der Waals surface area contributed by atoms with E-state index in [1.54, 1.807) is 6.07 Å². The molecular formula is C13H21FN2O. The van der Waals surface area contributed by atoms with Crippen LogP contribution in [-0.4, -0.2) is 23.2 Å². The molecule has 1 heterocycles. The molecule has 17 heavy (non-hydrogen) atoms. The molecule has 1 atom stereocenters. The Balaban J connectivity index is 2.16. The lowest BCUT2D eigenvalue weighted by molar-refractivity contribution is 0.282. The number of unbranched alkanes of at least 4 members (excludes halogenated alkanes) is 3. The van der Waals surface area contributed by atoms with E-state index in [0.29, 0.717) is 0 Å². The van der Waals surface area contributed by atoms with Gasteiger partial charge in [0.2, 0.25) is 0 Å². The van der Waals surface area contributed by atoms with Crippen molar-refractivity contribution in [2.45, 2.75) is 38.6 Å². The van der Waals surface area contributed by atoms with Gasteiger partial charge in [-0.05, 0) is 38.4 Å². The Bertz CT molecular complexity index is 303. The molecule has 0 amide bonds. The third kappa shape index (κ3) is 5.75. The van der Waals surface area contributed by atoms with Crippen LogP contribution in [-0.2, 0) is 0 Å². The number of aromatic nitrogens is 1. The van der Waals surface area contributed by atoms with Gasteiger partial charge in [-0.1, -0.05) is 12.8 Å². The Morgan fingerprint density at radius 3 is 2.71 bits per heavy atom. The lowest BCUT2D eigenvalue weighted by Crippen LogP contribution is -2.20. The largest absolute Gasteiger partial charge is 0.396 e. The molecule has 1 rings (SSSR count). The van der Waals surface area contributed by atoms with Gasteiger partial charge >= 0.3 is 0 Å². The number of rotatable bonds is 8. The number of pyridine rings is 1. The molecule has 0 aromatic carbocycles. The minimum atomic E-state index is -0.301. The molecule has 1 unspecified atom stereocenters. The van der Waals surface area contributed by atoms with E-state index in [-0.39, 0.29) is 18.5 Å². The summed E-state index contributed by atoms with van der Waals surface area (Å²) in [6, 6.07) is 3.29. The van der Waals surface area contributed by atoms with E-state index in [4.69, 9.17) is 5.11 Å². The molecule has 0 fully saturated rings. The maximum Gasteiger partial charge on any atom is 0.141 e. The molecule has 0 saturated heterocycles. The first-order valence-electron chi connectivity index (χ1n) is 6.19. The van der Waals surface area contributed by atoms with E-state index in [9.17, 15) is 4.39 Å². The number of hydrogen-bond donors (Lipinski definition) is 2. The molecule has 1 aromatic heterocycles. The van der Waals surface area contributed by atoms with Gasteiger partial charge < -0.3 is 10.4 Å². The van der Waals surface area contributed by atoms with Crippen molar-refractivity contribution < 1.29 is 9.50 Å². The lowest BCUT2D eigenvalue weighted by atomic mass is 10.1. The predicted molar refractivity (Wildman–Crippen MR) is 66.2 cm³/mol. The minimum Gasteiger partial charge on any atom is -0.396 e. The minimum absolute atomic E-state index is 0.147. The second kappa shape index (κ2) is 8.14. The SMILES string of the molecule is CC(NCCCCCCO)c1ccc(F)cn1. The first kappa shape index (κ1) is 14.1. The molecule has 4 heteroatoms. The molecule has 0 bridgehead atoms. The van der Waals surface area contributed by atoms with Gasteiger partial charge in [-0.15, -0.1) is 0 Å². The van der Waals surface area contributed by atoms with Crippen molar-refractivity contribution >= 4 is 0 Å². The molecule has 0 aliphatic rings. The highest BCUT2D eigenvalue weighted by atomic mass is 19.1. The highest BCUT2D eigenvalue weighted by Gasteiger charge is 2.05. The zero-order chi connectivity index (χ0) is 12.5. The molecule has 0 radical (unpaired) electrons. The molecule has 0 saturated carbocycles. The Hall–Kier alpha value is -1.00. The van der Waals surface area contributed by atoms with Crippen LogP contribution in [0.25, 0.3) is 0 Å². The quantitative estimate of drug-likeness (QED) is 0.686. The highest BCUT2D eigenvalue weighted by molar-refractivity contribution is 5.08. The Kier molecular flexibility index (Phi) is 6.74. The van der Waals surface area contributed by atoms with Gasteiger partial charge in [-0.25, -0.2) is 4.39 Å². The van der Waals surface area contributed by atoms with Crippen LogP contribution < -0.4 is 5.32 Å². The third-order valence-corrected chi connectivity index (χ3v) is 2.73. The van der Waals surface area contributed by atoms with Crippen molar-refractivity contribution in [3.05, 3.63) is 29.8 Å². The van der Waals surface area contributed by atoms with E-state index >= 15 is 0 Å². The second-order valence-corrected chi connectivity index (χ2v) is 4.21. The Morgan fingerprint density at radius 2 is 2.06 bits per heavy atom. The lowest BCUT2D eigenvalue weighted by Gasteiger charge is -2.12. The summed E-state index contributed by atoms with van der Waals surface area (Å²) in [4.78, 5) is 4.04. The van der Waals surface area contributed by atoms with Gasteiger partial charge in [0.1, 0.15) is 5.82 Å². The van der Waals surface area contributed by atoms with Crippen molar-refractivity contribution in [3.8, 4) is 0 Å². The number of nitrogens with zero attached hydrogens (tertiary/aromatic N) is 1. The number of halogens is 1. The van der Waals surface area contributed by atoms with E-state index in [2.05, 4.69) is 10.3 Å². The van der Waals surface area contributed by atoms with Crippen LogP contribution in [0.5, 0.6) is 0 Å². The number of hydrogen-bond acceptors (Lipinski definition) is 3. The number of aliphatic hydroxyl groups excluding tert-OH is 1. The maximum atomic E-state index is 12.7. The summed E-state index contributed by atoms with van der Waals surface area (Å²) in [6.45, 7) is 3.23. The summed E-state index contributed by atoms with van der Waals surface area (Å²) in [6.07, 6.45) is 5.41. The summed E-state index contributed by atoms with van der Waals surface area (Å²) in [5.74, 6) is -0.301. The fourth-order valence-electron chi connectivity index (χ4n) is 1.66. The van der Waals surface area contributed by atoms with Crippen LogP contribution in [0.15, 0.2) is 18.3 Å². The van der Waals surface area contributed by atoms with Gasteiger partial charge in [0.05, 0.1) is 11.9 Å². The van der Waals surface area contributed by atoms with Crippen molar-refractivity contribution in [2.24, 2.45) is 0 Å². The molecular weight excluding hydrogens is 219 g/mol. The monoisotopic (exact) mass is 240 g/mol. The summed E-state index contributed by atoms with van der Waals surface area (Å²) in [7, 11) is 0. The Morgan fingerprint density at radius 1 is 1.29 bits per heavy atom. The zero-order valence-corrected chi connectivity index (χ0v) is 10.3. The van der Waals surface area contributed by atoms with Crippen molar-refractivity contribution in [1.82, 2.24) is 10.3 Å². The standard InChI is InChI=1S/C13H21FN2O/c1-11(13-7-6-12(14)10-16-13)15-8-4-2-3-5-9-17/h6-7,10-11,15,17H,2-5,8-9H2,1H3. The third-order valence-electron chi connectivity index (χ3n) is 2.73. The predicted octanol–water partition coefficient (Wildman–Crippen LogP) is 2.42. The summed E-state index contributed by atoms with van der Waals surface area (Å²) in [5, 5.41) is 12.0. The maximum absolute atomic E-state index is 12.7.